The molecule has 0 aliphatic carbocycles. The van der Waals surface area contributed by atoms with Crippen molar-refractivity contribution in [1.82, 2.24) is 4.90 Å². The largest absolute Gasteiger partial charge is 0.383 e. The van der Waals surface area contributed by atoms with Crippen molar-refractivity contribution < 1.29 is 9.53 Å². The molecule has 1 unspecified atom stereocenters. The van der Waals surface area contributed by atoms with Gasteiger partial charge in [-0.1, -0.05) is 32.0 Å². The van der Waals surface area contributed by atoms with Crippen molar-refractivity contribution in [1.29, 1.82) is 0 Å². The first-order valence-corrected chi connectivity index (χ1v) is 7.74. The van der Waals surface area contributed by atoms with E-state index in [0.717, 1.165) is 25.1 Å². The predicted molar refractivity (Wildman–Crippen MR) is 85.5 cm³/mol. The Balaban J connectivity index is 2.03. The van der Waals surface area contributed by atoms with Crippen LogP contribution in [0.15, 0.2) is 24.3 Å². The Morgan fingerprint density at radius 2 is 2.19 bits per heavy atom. The zero-order valence-corrected chi connectivity index (χ0v) is 13.3. The first-order valence-electron chi connectivity index (χ1n) is 7.74. The third-order valence-corrected chi connectivity index (χ3v) is 3.81. The van der Waals surface area contributed by atoms with Crippen molar-refractivity contribution in [2.45, 2.75) is 32.7 Å². The van der Waals surface area contributed by atoms with Gasteiger partial charge in [-0.25, -0.2) is 0 Å². The lowest BCUT2D eigenvalue weighted by Crippen LogP contribution is -2.47. The SMILES string of the molecule is COCCN(CC(C)C)C(=O)C1CCc2ccccc2N1. The maximum absolute atomic E-state index is 12.8. The second-order valence-electron chi connectivity index (χ2n) is 6.06. The maximum Gasteiger partial charge on any atom is 0.245 e. The van der Waals surface area contributed by atoms with Gasteiger partial charge < -0.3 is 15.0 Å². The normalized spacial score (nSPS) is 17.2. The van der Waals surface area contributed by atoms with E-state index in [2.05, 4.69) is 31.3 Å². The molecule has 1 aliphatic rings. The van der Waals surface area contributed by atoms with Crippen LogP contribution in [0, 0.1) is 5.92 Å². The maximum atomic E-state index is 12.8. The number of ether oxygens (including phenoxy) is 1. The summed E-state index contributed by atoms with van der Waals surface area (Å²) < 4.78 is 5.13. The van der Waals surface area contributed by atoms with Crippen molar-refractivity contribution in [2.75, 3.05) is 32.1 Å². The summed E-state index contributed by atoms with van der Waals surface area (Å²) >= 11 is 0. The number of hydrogen-bond acceptors (Lipinski definition) is 3. The third kappa shape index (κ3) is 4.21. The lowest BCUT2D eigenvalue weighted by Gasteiger charge is -2.32. The number of carbonyl (C=O) groups is 1. The molecule has 1 atom stereocenters. The second-order valence-corrected chi connectivity index (χ2v) is 6.06. The van der Waals surface area contributed by atoms with Gasteiger partial charge in [-0.05, 0) is 30.4 Å². The molecule has 0 spiro atoms. The Labute approximate surface area is 127 Å². The molecule has 21 heavy (non-hydrogen) atoms. The second kappa shape index (κ2) is 7.46. The molecular formula is C17H26N2O2. The van der Waals surface area contributed by atoms with Crippen LogP contribution < -0.4 is 5.32 Å². The van der Waals surface area contributed by atoms with Crippen LogP contribution in [0.1, 0.15) is 25.8 Å². The molecule has 1 aromatic rings. The Morgan fingerprint density at radius 1 is 1.43 bits per heavy atom. The van der Waals surface area contributed by atoms with E-state index in [1.54, 1.807) is 7.11 Å². The predicted octanol–water partition coefficient (Wildman–Crippen LogP) is 2.54. The number of aryl methyl sites for hydroxylation is 1. The minimum Gasteiger partial charge on any atom is -0.383 e. The minimum absolute atomic E-state index is 0.115. The zero-order valence-electron chi connectivity index (χ0n) is 13.3. The topological polar surface area (TPSA) is 41.6 Å². The lowest BCUT2D eigenvalue weighted by atomic mass is 9.97. The van der Waals surface area contributed by atoms with Crippen LogP contribution in [0.2, 0.25) is 0 Å². The molecule has 0 saturated heterocycles. The van der Waals surface area contributed by atoms with Crippen LogP contribution >= 0.6 is 0 Å². The summed E-state index contributed by atoms with van der Waals surface area (Å²) in [6, 6.07) is 8.12. The highest BCUT2D eigenvalue weighted by Gasteiger charge is 2.27. The summed E-state index contributed by atoms with van der Waals surface area (Å²) in [7, 11) is 1.67. The number of methoxy groups -OCH3 is 1. The number of amides is 1. The fraction of sp³-hybridized carbons (Fsp3) is 0.588. The van der Waals surface area contributed by atoms with Gasteiger partial charge in [0.15, 0.2) is 0 Å². The van der Waals surface area contributed by atoms with Gasteiger partial charge in [0.1, 0.15) is 6.04 Å². The first-order chi connectivity index (χ1) is 10.1. The number of benzene rings is 1. The van der Waals surface area contributed by atoms with Crippen LogP contribution in [0.3, 0.4) is 0 Å². The van der Waals surface area contributed by atoms with Gasteiger partial charge in [0.2, 0.25) is 5.91 Å². The average Bonchev–Trinajstić information content (AvgIpc) is 2.50. The highest BCUT2D eigenvalue weighted by atomic mass is 16.5. The molecule has 4 nitrogen and oxygen atoms in total. The van der Waals surface area contributed by atoms with E-state index in [-0.39, 0.29) is 11.9 Å². The van der Waals surface area contributed by atoms with E-state index in [4.69, 9.17) is 4.74 Å². The van der Waals surface area contributed by atoms with E-state index >= 15 is 0 Å². The summed E-state index contributed by atoms with van der Waals surface area (Å²) in [5, 5.41) is 3.39. The number of nitrogens with zero attached hydrogens (tertiary/aromatic N) is 1. The summed E-state index contributed by atoms with van der Waals surface area (Å²) in [5.74, 6) is 0.650. The van der Waals surface area contributed by atoms with Gasteiger partial charge in [0.05, 0.1) is 6.61 Å². The molecule has 1 aromatic carbocycles. The summed E-state index contributed by atoms with van der Waals surface area (Å²) in [6.07, 6.45) is 1.82. The Kier molecular flexibility index (Phi) is 5.62. The standard InChI is InChI=1S/C17H26N2O2/c1-13(2)12-19(10-11-21-3)17(20)16-9-8-14-6-4-5-7-15(14)18-16/h4-7,13,16,18H,8-12H2,1-3H3. The van der Waals surface area contributed by atoms with Gasteiger partial charge in [-0.15, -0.1) is 0 Å². The molecule has 0 saturated carbocycles. The van der Waals surface area contributed by atoms with Crippen molar-refractivity contribution >= 4 is 11.6 Å². The first kappa shape index (κ1) is 15.8. The van der Waals surface area contributed by atoms with Crippen molar-refractivity contribution in [3.63, 3.8) is 0 Å². The van der Waals surface area contributed by atoms with Crippen LogP contribution in [0.5, 0.6) is 0 Å². The molecule has 0 bridgehead atoms. The molecule has 1 amide bonds. The Morgan fingerprint density at radius 3 is 2.90 bits per heavy atom. The highest BCUT2D eigenvalue weighted by Crippen LogP contribution is 2.25. The number of carbonyl (C=O) groups excluding carboxylic acids is 1. The number of hydrogen-bond donors (Lipinski definition) is 1. The van der Waals surface area contributed by atoms with Crippen molar-refractivity contribution in [3.8, 4) is 0 Å². The van der Waals surface area contributed by atoms with Crippen molar-refractivity contribution in [3.05, 3.63) is 29.8 Å². The third-order valence-electron chi connectivity index (χ3n) is 3.81. The molecule has 1 heterocycles. The quantitative estimate of drug-likeness (QED) is 0.875. The number of anilines is 1. The average molecular weight is 290 g/mol. The summed E-state index contributed by atoms with van der Waals surface area (Å²) in [5.41, 5.74) is 2.40. The number of para-hydroxylation sites is 1. The van der Waals surface area contributed by atoms with Gasteiger partial charge in [-0.3, -0.25) is 4.79 Å². The van der Waals surface area contributed by atoms with Crippen LogP contribution in [0.25, 0.3) is 0 Å². The van der Waals surface area contributed by atoms with Gasteiger partial charge >= 0.3 is 0 Å². The fourth-order valence-electron chi connectivity index (χ4n) is 2.78. The van der Waals surface area contributed by atoms with E-state index in [1.165, 1.54) is 5.56 Å². The molecule has 4 heteroatoms. The van der Waals surface area contributed by atoms with Crippen molar-refractivity contribution in [2.24, 2.45) is 5.92 Å². The summed E-state index contributed by atoms with van der Waals surface area (Å²) in [6.45, 7) is 6.30. The van der Waals surface area contributed by atoms with E-state index < -0.39 is 0 Å². The molecule has 2 rings (SSSR count). The molecule has 1 N–H and O–H groups in total. The highest BCUT2D eigenvalue weighted by molar-refractivity contribution is 5.85. The minimum atomic E-state index is -0.115. The molecule has 0 aromatic heterocycles. The smallest absolute Gasteiger partial charge is 0.245 e. The Hall–Kier alpha value is -1.55. The number of rotatable bonds is 6. The number of nitrogens with one attached hydrogen (secondary N) is 1. The van der Waals surface area contributed by atoms with Crippen LogP contribution in [-0.4, -0.2) is 43.7 Å². The zero-order chi connectivity index (χ0) is 15.2. The number of fused-ring (bicyclic) bond motifs is 1. The van der Waals surface area contributed by atoms with Crippen LogP contribution in [-0.2, 0) is 16.0 Å². The van der Waals surface area contributed by atoms with Gasteiger partial charge in [0.25, 0.3) is 0 Å². The monoisotopic (exact) mass is 290 g/mol. The van der Waals surface area contributed by atoms with E-state index in [1.807, 2.05) is 17.0 Å². The van der Waals surface area contributed by atoms with Gasteiger partial charge in [-0.2, -0.15) is 0 Å². The molecule has 116 valence electrons. The summed E-state index contributed by atoms with van der Waals surface area (Å²) in [4.78, 5) is 14.7. The molecule has 0 radical (unpaired) electrons. The lowest BCUT2D eigenvalue weighted by molar-refractivity contribution is -0.133. The van der Waals surface area contributed by atoms with E-state index in [0.29, 0.717) is 19.1 Å². The van der Waals surface area contributed by atoms with Gasteiger partial charge in [0, 0.05) is 25.9 Å². The Bertz CT molecular complexity index is 474. The molecular weight excluding hydrogens is 264 g/mol. The fourth-order valence-corrected chi connectivity index (χ4v) is 2.78. The molecule has 0 fully saturated rings. The van der Waals surface area contributed by atoms with E-state index in [9.17, 15) is 4.79 Å². The molecule has 1 aliphatic heterocycles. The van der Waals surface area contributed by atoms with Crippen LogP contribution in [0.4, 0.5) is 5.69 Å².